The lowest BCUT2D eigenvalue weighted by Gasteiger charge is -2.19. The fourth-order valence-electron chi connectivity index (χ4n) is 1.38. The van der Waals surface area contributed by atoms with Crippen molar-refractivity contribution in [2.24, 2.45) is 0 Å². The fraction of sp³-hybridized carbons (Fsp3) is 0.455. The van der Waals surface area contributed by atoms with Gasteiger partial charge >= 0.3 is 0 Å². The van der Waals surface area contributed by atoms with Gasteiger partial charge in [0, 0.05) is 16.5 Å². The number of methoxy groups -OCH3 is 1. The van der Waals surface area contributed by atoms with E-state index in [-0.39, 0.29) is 5.75 Å². The van der Waals surface area contributed by atoms with Gasteiger partial charge < -0.3 is 14.9 Å². The molecule has 0 aliphatic rings. The molecule has 0 aliphatic carbocycles. The van der Waals surface area contributed by atoms with Crippen molar-refractivity contribution in [3.8, 4) is 11.5 Å². The molecule has 0 spiro atoms. The summed E-state index contributed by atoms with van der Waals surface area (Å²) >= 11 is 3.32. The number of phenols is 1. The molecule has 0 aromatic heterocycles. The van der Waals surface area contributed by atoms with E-state index < -0.39 is 5.60 Å². The van der Waals surface area contributed by atoms with E-state index in [1.165, 1.54) is 7.11 Å². The van der Waals surface area contributed by atoms with Gasteiger partial charge in [-0.3, -0.25) is 0 Å². The predicted molar refractivity (Wildman–Crippen MR) is 62.4 cm³/mol. The highest BCUT2D eigenvalue weighted by Gasteiger charge is 2.18. The summed E-state index contributed by atoms with van der Waals surface area (Å²) in [5, 5.41) is 19.5. The lowest BCUT2D eigenvalue weighted by molar-refractivity contribution is 0.0801. The molecule has 0 bridgehead atoms. The van der Waals surface area contributed by atoms with Crippen LogP contribution in [0.4, 0.5) is 0 Å². The van der Waals surface area contributed by atoms with Gasteiger partial charge in [0.05, 0.1) is 12.7 Å². The molecule has 4 heteroatoms. The molecule has 1 rings (SSSR count). The number of phenolic OH excluding ortho intramolecular Hbond substituents is 1. The van der Waals surface area contributed by atoms with Crippen molar-refractivity contribution < 1.29 is 14.9 Å². The second-order valence-corrected chi connectivity index (χ2v) is 5.02. The van der Waals surface area contributed by atoms with Crippen LogP contribution in [-0.2, 0) is 6.42 Å². The zero-order valence-corrected chi connectivity index (χ0v) is 10.6. The Balaban J connectivity index is 3.12. The van der Waals surface area contributed by atoms with Crippen LogP contribution in [0.25, 0.3) is 0 Å². The summed E-state index contributed by atoms with van der Waals surface area (Å²) in [6, 6.07) is 3.46. The summed E-state index contributed by atoms with van der Waals surface area (Å²) in [6.45, 7) is 3.39. The Morgan fingerprint density at radius 3 is 2.47 bits per heavy atom. The SMILES string of the molecule is COc1cc(Br)cc(CC(C)(C)O)c1O. The molecule has 0 saturated heterocycles. The summed E-state index contributed by atoms with van der Waals surface area (Å²) in [4.78, 5) is 0. The van der Waals surface area contributed by atoms with Crippen LogP contribution < -0.4 is 4.74 Å². The van der Waals surface area contributed by atoms with Gasteiger partial charge in [0.25, 0.3) is 0 Å². The highest BCUT2D eigenvalue weighted by atomic mass is 79.9. The van der Waals surface area contributed by atoms with E-state index in [9.17, 15) is 10.2 Å². The third-order valence-electron chi connectivity index (χ3n) is 1.96. The van der Waals surface area contributed by atoms with Crippen LogP contribution in [0.3, 0.4) is 0 Å². The monoisotopic (exact) mass is 274 g/mol. The van der Waals surface area contributed by atoms with Crippen molar-refractivity contribution in [2.45, 2.75) is 25.9 Å². The largest absolute Gasteiger partial charge is 0.504 e. The third-order valence-corrected chi connectivity index (χ3v) is 2.42. The van der Waals surface area contributed by atoms with Gasteiger partial charge in [-0.2, -0.15) is 0 Å². The smallest absolute Gasteiger partial charge is 0.161 e. The van der Waals surface area contributed by atoms with Gasteiger partial charge in [0.15, 0.2) is 11.5 Å². The predicted octanol–water partition coefficient (Wildman–Crippen LogP) is 2.48. The first-order valence-electron chi connectivity index (χ1n) is 4.61. The normalized spacial score (nSPS) is 11.5. The molecule has 0 amide bonds. The van der Waals surface area contributed by atoms with Gasteiger partial charge in [-0.25, -0.2) is 0 Å². The molecule has 0 aliphatic heterocycles. The van der Waals surface area contributed by atoms with Crippen LogP contribution in [0.2, 0.25) is 0 Å². The quantitative estimate of drug-likeness (QED) is 0.891. The number of rotatable bonds is 3. The molecule has 0 unspecified atom stereocenters. The summed E-state index contributed by atoms with van der Waals surface area (Å²) in [6.07, 6.45) is 0.370. The average Bonchev–Trinajstić information content (AvgIpc) is 2.08. The first-order chi connectivity index (χ1) is 6.83. The molecule has 84 valence electrons. The van der Waals surface area contributed by atoms with Gasteiger partial charge in [-0.15, -0.1) is 0 Å². The number of aromatic hydroxyl groups is 1. The van der Waals surface area contributed by atoms with E-state index in [0.29, 0.717) is 17.7 Å². The summed E-state index contributed by atoms with van der Waals surface area (Å²) in [7, 11) is 1.50. The number of hydrogen-bond acceptors (Lipinski definition) is 3. The summed E-state index contributed by atoms with van der Waals surface area (Å²) < 4.78 is 5.84. The lowest BCUT2D eigenvalue weighted by atomic mass is 9.98. The zero-order valence-electron chi connectivity index (χ0n) is 9.04. The Hall–Kier alpha value is -0.740. The second kappa shape index (κ2) is 4.41. The molecular weight excluding hydrogens is 260 g/mol. The van der Waals surface area contributed by atoms with Gasteiger partial charge in [0.2, 0.25) is 0 Å². The number of benzene rings is 1. The zero-order chi connectivity index (χ0) is 11.6. The van der Waals surface area contributed by atoms with Crippen molar-refractivity contribution in [2.75, 3.05) is 7.11 Å². The lowest BCUT2D eigenvalue weighted by Crippen LogP contribution is -2.21. The molecule has 2 N–H and O–H groups in total. The molecule has 3 nitrogen and oxygen atoms in total. The van der Waals surface area contributed by atoms with Crippen molar-refractivity contribution in [3.63, 3.8) is 0 Å². The summed E-state index contributed by atoms with van der Waals surface area (Å²) in [5.74, 6) is 0.492. The van der Waals surface area contributed by atoms with E-state index in [4.69, 9.17) is 4.74 Å². The Morgan fingerprint density at radius 2 is 2.00 bits per heavy atom. The minimum Gasteiger partial charge on any atom is -0.504 e. The maximum Gasteiger partial charge on any atom is 0.161 e. The molecule has 0 heterocycles. The van der Waals surface area contributed by atoms with Crippen LogP contribution in [0.5, 0.6) is 11.5 Å². The number of aliphatic hydroxyl groups is 1. The molecule has 1 aromatic rings. The Morgan fingerprint density at radius 1 is 1.40 bits per heavy atom. The number of halogens is 1. The molecule has 1 aromatic carbocycles. The van der Waals surface area contributed by atoms with Crippen molar-refractivity contribution in [1.29, 1.82) is 0 Å². The molecular formula is C11H15BrO3. The Bertz CT molecular complexity index is 356. The minimum absolute atomic E-state index is 0.0859. The Labute approximate surface area is 97.8 Å². The Kier molecular flexibility index (Phi) is 3.62. The van der Waals surface area contributed by atoms with Crippen LogP contribution in [-0.4, -0.2) is 22.9 Å². The van der Waals surface area contributed by atoms with Gasteiger partial charge in [0.1, 0.15) is 0 Å². The van der Waals surface area contributed by atoms with Crippen LogP contribution >= 0.6 is 15.9 Å². The van der Waals surface area contributed by atoms with Crippen molar-refractivity contribution in [3.05, 3.63) is 22.2 Å². The topological polar surface area (TPSA) is 49.7 Å². The summed E-state index contributed by atoms with van der Waals surface area (Å²) in [5.41, 5.74) is -0.197. The molecule has 0 atom stereocenters. The highest BCUT2D eigenvalue weighted by Crippen LogP contribution is 2.35. The van der Waals surface area contributed by atoms with E-state index in [1.807, 2.05) is 0 Å². The van der Waals surface area contributed by atoms with Crippen LogP contribution in [0, 0.1) is 0 Å². The standard InChI is InChI=1S/C11H15BrO3/c1-11(2,14)6-7-4-8(12)5-9(15-3)10(7)13/h4-5,13-14H,6H2,1-3H3. The highest BCUT2D eigenvalue weighted by molar-refractivity contribution is 9.10. The molecule has 0 fully saturated rings. The maximum absolute atomic E-state index is 9.82. The minimum atomic E-state index is -0.858. The first-order valence-corrected chi connectivity index (χ1v) is 5.40. The van der Waals surface area contributed by atoms with E-state index >= 15 is 0 Å². The van der Waals surface area contributed by atoms with Gasteiger partial charge in [-0.1, -0.05) is 15.9 Å². The average molecular weight is 275 g/mol. The van der Waals surface area contributed by atoms with E-state index in [1.54, 1.807) is 26.0 Å². The van der Waals surface area contributed by atoms with Gasteiger partial charge in [-0.05, 0) is 26.0 Å². The molecule has 0 radical (unpaired) electrons. The first kappa shape index (κ1) is 12.3. The molecule has 15 heavy (non-hydrogen) atoms. The number of ether oxygens (including phenoxy) is 1. The number of hydrogen-bond donors (Lipinski definition) is 2. The van der Waals surface area contributed by atoms with Crippen LogP contribution in [0.15, 0.2) is 16.6 Å². The maximum atomic E-state index is 9.82. The van der Waals surface area contributed by atoms with Crippen molar-refractivity contribution in [1.82, 2.24) is 0 Å². The second-order valence-electron chi connectivity index (χ2n) is 4.10. The van der Waals surface area contributed by atoms with Crippen LogP contribution in [0.1, 0.15) is 19.4 Å². The fourth-order valence-corrected chi connectivity index (χ4v) is 1.87. The van der Waals surface area contributed by atoms with E-state index in [2.05, 4.69) is 15.9 Å². The third kappa shape index (κ3) is 3.39. The van der Waals surface area contributed by atoms with E-state index in [0.717, 1.165) is 4.47 Å². The molecule has 0 saturated carbocycles. The van der Waals surface area contributed by atoms with Crippen molar-refractivity contribution >= 4 is 15.9 Å².